The molecule has 0 saturated carbocycles. The zero-order valence-electron chi connectivity index (χ0n) is 16.9. The topological polar surface area (TPSA) is 75.4 Å². The number of halogens is 3. The van der Waals surface area contributed by atoms with Crippen LogP contribution in [-0.2, 0) is 17.5 Å². The number of pyridine rings is 1. The van der Waals surface area contributed by atoms with E-state index in [-0.39, 0.29) is 31.3 Å². The van der Waals surface area contributed by atoms with E-state index >= 15 is 0 Å². The van der Waals surface area contributed by atoms with Crippen molar-refractivity contribution in [2.75, 3.05) is 13.1 Å². The molecule has 32 heavy (non-hydrogen) atoms. The van der Waals surface area contributed by atoms with Crippen LogP contribution in [0.25, 0.3) is 0 Å². The Morgan fingerprint density at radius 2 is 1.97 bits per heavy atom. The lowest BCUT2D eigenvalue weighted by atomic mass is 9.87. The minimum Gasteiger partial charge on any atom is -0.459 e. The Hall–Kier alpha value is -3.62. The van der Waals surface area contributed by atoms with Crippen LogP contribution in [0.1, 0.15) is 33.2 Å². The quantitative estimate of drug-likeness (QED) is 0.650. The van der Waals surface area contributed by atoms with Gasteiger partial charge in [0.2, 0.25) is 5.91 Å². The van der Waals surface area contributed by atoms with E-state index in [9.17, 15) is 22.8 Å². The molecule has 0 radical (unpaired) electrons. The summed E-state index contributed by atoms with van der Waals surface area (Å²) < 4.78 is 44.9. The number of likely N-dealkylation sites (tertiary alicyclic amines) is 1. The summed E-state index contributed by atoms with van der Waals surface area (Å²) in [6.45, 7) is 0.399. The van der Waals surface area contributed by atoms with Crippen LogP contribution in [0, 0.1) is 5.92 Å². The van der Waals surface area contributed by atoms with E-state index in [0.717, 1.165) is 17.7 Å². The Balaban J connectivity index is 1.58. The lowest BCUT2D eigenvalue weighted by Crippen LogP contribution is -2.35. The van der Waals surface area contributed by atoms with Crippen molar-refractivity contribution in [3.8, 4) is 0 Å². The van der Waals surface area contributed by atoms with Gasteiger partial charge in [-0.25, -0.2) is 0 Å². The summed E-state index contributed by atoms with van der Waals surface area (Å²) in [6, 6.07) is 11.5. The molecule has 3 heterocycles. The van der Waals surface area contributed by atoms with Crippen molar-refractivity contribution < 1.29 is 27.2 Å². The third-order valence-electron chi connectivity index (χ3n) is 5.51. The van der Waals surface area contributed by atoms with Crippen LogP contribution in [0.3, 0.4) is 0 Å². The zero-order chi connectivity index (χ0) is 22.7. The number of alkyl halides is 3. The summed E-state index contributed by atoms with van der Waals surface area (Å²) in [5.74, 6) is -1.94. The van der Waals surface area contributed by atoms with Crippen molar-refractivity contribution in [3.05, 3.63) is 89.6 Å². The number of amides is 2. The lowest BCUT2D eigenvalue weighted by Gasteiger charge is -2.19. The van der Waals surface area contributed by atoms with E-state index in [2.05, 4.69) is 10.3 Å². The molecule has 1 saturated heterocycles. The number of hydrogen-bond donors (Lipinski definition) is 1. The molecule has 3 aromatic rings. The number of furan rings is 1. The molecule has 166 valence electrons. The average molecular weight is 443 g/mol. The third-order valence-corrected chi connectivity index (χ3v) is 5.51. The first-order chi connectivity index (χ1) is 15.3. The largest absolute Gasteiger partial charge is 0.459 e. The first kappa shape index (κ1) is 21.6. The van der Waals surface area contributed by atoms with Crippen molar-refractivity contribution in [2.24, 2.45) is 5.92 Å². The number of carbonyl (C=O) groups excluding carboxylic acids is 2. The highest BCUT2D eigenvalue weighted by atomic mass is 19.4. The van der Waals surface area contributed by atoms with E-state index in [1.54, 1.807) is 36.7 Å². The average Bonchev–Trinajstić information content (AvgIpc) is 3.48. The number of benzene rings is 1. The van der Waals surface area contributed by atoms with Crippen LogP contribution < -0.4 is 5.32 Å². The van der Waals surface area contributed by atoms with Crippen LogP contribution in [0.4, 0.5) is 13.2 Å². The van der Waals surface area contributed by atoms with Crippen molar-refractivity contribution in [3.63, 3.8) is 0 Å². The molecule has 2 unspecified atom stereocenters. The van der Waals surface area contributed by atoms with Gasteiger partial charge >= 0.3 is 6.18 Å². The minimum absolute atomic E-state index is 0.0688. The molecule has 0 bridgehead atoms. The molecule has 0 spiro atoms. The summed E-state index contributed by atoms with van der Waals surface area (Å²) in [5, 5.41) is 2.82. The van der Waals surface area contributed by atoms with Crippen LogP contribution in [0.15, 0.2) is 71.6 Å². The Morgan fingerprint density at radius 3 is 2.66 bits per heavy atom. The van der Waals surface area contributed by atoms with Gasteiger partial charge in [-0.3, -0.25) is 14.6 Å². The molecule has 1 aromatic carbocycles. The predicted octanol–water partition coefficient (Wildman–Crippen LogP) is 3.87. The van der Waals surface area contributed by atoms with Gasteiger partial charge in [0, 0.05) is 37.9 Å². The molecular weight excluding hydrogens is 423 g/mol. The number of nitrogens with one attached hydrogen (secondary N) is 1. The van der Waals surface area contributed by atoms with Gasteiger partial charge in [-0.05, 0) is 35.4 Å². The Kier molecular flexibility index (Phi) is 5.98. The Bertz CT molecular complexity index is 1080. The maximum Gasteiger partial charge on any atom is 0.416 e. The number of hydrogen-bond acceptors (Lipinski definition) is 4. The molecule has 9 heteroatoms. The molecule has 2 amide bonds. The molecule has 2 atom stereocenters. The monoisotopic (exact) mass is 443 g/mol. The molecule has 2 aromatic heterocycles. The summed E-state index contributed by atoms with van der Waals surface area (Å²) >= 11 is 0. The first-order valence-corrected chi connectivity index (χ1v) is 9.99. The summed E-state index contributed by atoms with van der Waals surface area (Å²) in [5.41, 5.74) is 0.356. The summed E-state index contributed by atoms with van der Waals surface area (Å²) in [6.07, 6.45) is 0.0953. The van der Waals surface area contributed by atoms with Crippen molar-refractivity contribution in [2.45, 2.75) is 18.6 Å². The zero-order valence-corrected chi connectivity index (χ0v) is 16.9. The number of aromatic nitrogens is 1. The van der Waals surface area contributed by atoms with Gasteiger partial charge in [-0.15, -0.1) is 0 Å². The van der Waals surface area contributed by atoms with Gasteiger partial charge < -0.3 is 14.6 Å². The highest BCUT2D eigenvalue weighted by Crippen LogP contribution is 2.37. The number of rotatable bonds is 5. The van der Waals surface area contributed by atoms with Crippen molar-refractivity contribution >= 4 is 11.8 Å². The van der Waals surface area contributed by atoms with Crippen LogP contribution in [-0.4, -0.2) is 34.8 Å². The molecule has 1 aliphatic rings. The predicted molar refractivity (Wildman–Crippen MR) is 108 cm³/mol. The highest BCUT2D eigenvalue weighted by molar-refractivity contribution is 5.92. The fourth-order valence-electron chi connectivity index (χ4n) is 3.90. The first-order valence-electron chi connectivity index (χ1n) is 9.99. The third kappa shape index (κ3) is 4.66. The van der Waals surface area contributed by atoms with Gasteiger partial charge in [0.05, 0.1) is 17.7 Å². The molecule has 1 N–H and O–H groups in total. The molecule has 1 aliphatic heterocycles. The van der Waals surface area contributed by atoms with Crippen LogP contribution >= 0.6 is 0 Å². The SMILES string of the molecule is O=C(NCc1cccnc1)C1CN(C(=O)c2ccco2)CC1c1cccc(C(F)(F)F)c1. The van der Waals surface area contributed by atoms with Crippen LogP contribution in [0.5, 0.6) is 0 Å². The van der Waals surface area contributed by atoms with Gasteiger partial charge in [-0.1, -0.05) is 24.3 Å². The smallest absolute Gasteiger partial charge is 0.416 e. The second-order valence-corrected chi connectivity index (χ2v) is 7.60. The number of nitrogens with zero attached hydrogens (tertiary/aromatic N) is 2. The Labute approximate surface area is 182 Å². The standard InChI is InChI=1S/C23H20F3N3O3/c24-23(25,26)17-6-1-5-16(10-17)18-13-29(22(31)20-7-3-9-32-20)14-19(18)21(30)28-12-15-4-2-8-27-11-15/h1-11,18-19H,12-14H2,(H,28,30). The summed E-state index contributed by atoms with van der Waals surface area (Å²) in [4.78, 5) is 31.2. The fraction of sp³-hybridized carbons (Fsp3) is 0.261. The highest BCUT2D eigenvalue weighted by Gasteiger charge is 2.42. The second kappa shape index (κ2) is 8.86. The van der Waals surface area contributed by atoms with E-state index in [1.165, 1.54) is 23.3 Å². The van der Waals surface area contributed by atoms with E-state index in [1.807, 2.05) is 0 Å². The maximum absolute atomic E-state index is 13.2. The maximum atomic E-state index is 13.2. The van der Waals surface area contributed by atoms with E-state index in [4.69, 9.17) is 4.42 Å². The molecule has 4 rings (SSSR count). The van der Waals surface area contributed by atoms with Gasteiger partial charge in [0.15, 0.2) is 5.76 Å². The number of carbonyl (C=O) groups is 2. The molecule has 6 nitrogen and oxygen atoms in total. The Morgan fingerprint density at radius 1 is 1.12 bits per heavy atom. The normalized spacial score (nSPS) is 18.5. The van der Waals surface area contributed by atoms with Crippen LogP contribution in [0.2, 0.25) is 0 Å². The van der Waals surface area contributed by atoms with Gasteiger partial charge in [0.25, 0.3) is 5.91 Å². The van der Waals surface area contributed by atoms with Crippen molar-refractivity contribution in [1.82, 2.24) is 15.2 Å². The molecular formula is C23H20F3N3O3. The van der Waals surface area contributed by atoms with Crippen molar-refractivity contribution in [1.29, 1.82) is 0 Å². The van der Waals surface area contributed by atoms with Gasteiger partial charge in [-0.2, -0.15) is 13.2 Å². The van der Waals surface area contributed by atoms with E-state index < -0.39 is 29.5 Å². The lowest BCUT2D eigenvalue weighted by molar-refractivity contribution is -0.137. The fourth-order valence-corrected chi connectivity index (χ4v) is 3.90. The molecule has 0 aliphatic carbocycles. The second-order valence-electron chi connectivity index (χ2n) is 7.60. The molecule has 1 fully saturated rings. The van der Waals surface area contributed by atoms with E-state index in [0.29, 0.717) is 5.56 Å². The van der Waals surface area contributed by atoms with Gasteiger partial charge in [0.1, 0.15) is 0 Å². The minimum atomic E-state index is -4.50. The summed E-state index contributed by atoms with van der Waals surface area (Å²) in [7, 11) is 0.